The van der Waals surface area contributed by atoms with Gasteiger partial charge in [0.15, 0.2) is 0 Å². The molecule has 0 N–H and O–H groups in total. The van der Waals surface area contributed by atoms with Gasteiger partial charge in [0.1, 0.15) is 11.5 Å². The molecule has 1 aliphatic heterocycles. The molecule has 9 aromatic rings. The summed E-state index contributed by atoms with van der Waals surface area (Å²) in [6, 6.07) is 42.3. The number of hydrogen-bond donors (Lipinski definition) is 0. The van der Waals surface area contributed by atoms with E-state index in [0.29, 0.717) is 5.56 Å². The van der Waals surface area contributed by atoms with Crippen LogP contribution in [0.2, 0.25) is 0 Å². The van der Waals surface area contributed by atoms with Gasteiger partial charge in [0, 0.05) is 10.9 Å². The second-order valence-electron chi connectivity index (χ2n) is 11.7. The Bertz CT molecular complexity index is 2870. The van der Waals surface area contributed by atoms with Crippen LogP contribution in [0.4, 0.5) is 0 Å². The summed E-state index contributed by atoms with van der Waals surface area (Å²) in [5, 5.41) is 9.07. The lowest BCUT2D eigenvalue weighted by molar-refractivity contribution is 0.487. The van der Waals surface area contributed by atoms with E-state index < -0.39 is 6.04 Å². The average molecular weight is 576 g/mol. The highest BCUT2D eigenvalue weighted by Crippen LogP contribution is 2.48. The van der Waals surface area contributed by atoms with Crippen molar-refractivity contribution in [3.05, 3.63) is 158 Å². The molecule has 0 spiro atoms. The number of benzene rings is 9. The van der Waals surface area contributed by atoms with Gasteiger partial charge in [-0.3, -0.25) is 0 Å². The molecule has 9 aromatic carbocycles. The predicted molar refractivity (Wildman–Crippen MR) is 189 cm³/mol. The number of fused-ring (bicyclic) bond motifs is 2. The maximum atomic E-state index is 8.88. The molecule has 0 aromatic heterocycles. The molecule has 10 rings (SSSR count). The van der Waals surface area contributed by atoms with E-state index in [1.807, 2.05) is 30.3 Å². The molecule has 0 atom stereocenters. The Morgan fingerprint density at radius 1 is 0.378 bits per heavy atom. The monoisotopic (exact) mass is 575 g/mol. The van der Waals surface area contributed by atoms with Crippen molar-refractivity contribution in [1.29, 1.82) is 0 Å². The predicted octanol–water partition coefficient (Wildman–Crippen LogP) is 12.5. The average Bonchev–Trinajstić information content (AvgIpc) is 3.15. The van der Waals surface area contributed by atoms with Gasteiger partial charge in [-0.1, -0.05) is 121 Å². The van der Waals surface area contributed by atoms with Crippen LogP contribution in [0.25, 0.3) is 87.6 Å². The van der Waals surface area contributed by atoms with Crippen LogP contribution in [0.5, 0.6) is 11.5 Å². The molecule has 1 heterocycles. The summed E-state index contributed by atoms with van der Waals surface area (Å²) < 4.78 is 49.4. The Balaban J connectivity index is 1.27. The van der Waals surface area contributed by atoms with E-state index in [1.165, 1.54) is 21.5 Å². The molecule has 1 nitrogen and oxygen atoms in total. The molecule has 0 radical (unpaired) electrons. The lowest BCUT2D eigenvalue weighted by Gasteiger charge is -2.22. The zero-order valence-corrected chi connectivity index (χ0v) is 24.0. The Kier molecular flexibility index (Phi) is 4.15. The van der Waals surface area contributed by atoms with Gasteiger partial charge in [-0.25, -0.2) is 0 Å². The van der Waals surface area contributed by atoms with Crippen molar-refractivity contribution in [3.8, 4) is 56.0 Å². The van der Waals surface area contributed by atoms with E-state index >= 15 is 0 Å². The smallest absolute Gasteiger partial charge is 0.136 e. The summed E-state index contributed by atoms with van der Waals surface area (Å²) in [5.41, 5.74) is 6.53. The highest BCUT2D eigenvalue weighted by molar-refractivity contribution is 6.25. The van der Waals surface area contributed by atoms with E-state index in [2.05, 4.69) is 97.1 Å². The molecule has 0 saturated heterocycles. The van der Waals surface area contributed by atoms with Crippen molar-refractivity contribution in [2.75, 3.05) is 0 Å². The van der Waals surface area contributed by atoms with Gasteiger partial charge in [0.25, 0.3) is 0 Å². The molecule has 0 saturated carbocycles. The first-order valence-electron chi connectivity index (χ1n) is 17.6. The van der Waals surface area contributed by atoms with Crippen molar-refractivity contribution in [3.63, 3.8) is 0 Å². The van der Waals surface area contributed by atoms with Crippen molar-refractivity contribution in [2.24, 2.45) is 0 Å². The molecular formula is C44H26O. The van der Waals surface area contributed by atoms with Gasteiger partial charge in [-0.05, 0) is 113 Å². The summed E-state index contributed by atoms with van der Waals surface area (Å²) in [7, 11) is 0. The third-order valence-corrected chi connectivity index (χ3v) is 9.23. The van der Waals surface area contributed by atoms with Crippen molar-refractivity contribution in [2.45, 2.75) is 0 Å². The summed E-state index contributed by atoms with van der Waals surface area (Å²) >= 11 is 0. The van der Waals surface area contributed by atoms with Gasteiger partial charge in [0.05, 0.1) is 6.85 Å². The Morgan fingerprint density at radius 3 is 1.89 bits per heavy atom. The van der Waals surface area contributed by atoms with E-state index in [9.17, 15) is 0 Å². The third kappa shape index (κ3) is 3.68. The topological polar surface area (TPSA) is 9.23 Å². The number of rotatable bonds is 3. The molecule has 0 fully saturated rings. The molecular weight excluding hydrogens is 544 g/mol. The largest absolute Gasteiger partial charge is 0.456 e. The number of hydrogen-bond acceptors (Lipinski definition) is 1. The van der Waals surface area contributed by atoms with Crippen LogP contribution in [-0.4, -0.2) is 0 Å². The van der Waals surface area contributed by atoms with Crippen molar-refractivity contribution >= 4 is 43.1 Å². The zero-order chi connectivity index (χ0) is 33.8. The fourth-order valence-electron chi connectivity index (χ4n) is 7.23. The van der Waals surface area contributed by atoms with Crippen molar-refractivity contribution < 1.29 is 11.6 Å². The molecule has 0 unspecified atom stereocenters. The Labute approximate surface area is 267 Å². The highest BCUT2D eigenvalue weighted by Gasteiger charge is 2.21. The third-order valence-electron chi connectivity index (χ3n) is 9.23. The Hall–Kier alpha value is -5.92. The summed E-state index contributed by atoms with van der Waals surface area (Å²) in [5.74, 6) is 1.55. The molecule has 1 heteroatoms. The normalized spacial score (nSPS) is 13.7. The first kappa shape index (κ1) is 20.1. The molecule has 45 heavy (non-hydrogen) atoms. The fourth-order valence-corrected chi connectivity index (χ4v) is 7.23. The van der Waals surface area contributed by atoms with E-state index in [-0.39, 0.29) is 29.7 Å². The van der Waals surface area contributed by atoms with Gasteiger partial charge < -0.3 is 4.74 Å². The maximum absolute atomic E-state index is 8.88. The van der Waals surface area contributed by atoms with Gasteiger partial charge in [-0.15, -0.1) is 0 Å². The quantitative estimate of drug-likeness (QED) is 0.190. The SMILES string of the molecule is [2H]c1c([2H])c([2H])c(-c2cc(-c3cc4c5c(cccc5c3)-c3ccccc3O4)cc(-c3ccc4ccc5cccc6ccc3c4c56)c2)c([2H])c1[2H]. The van der Waals surface area contributed by atoms with E-state index in [1.54, 1.807) is 0 Å². The molecule has 208 valence electrons. The second-order valence-corrected chi connectivity index (χ2v) is 11.7. The first-order valence-corrected chi connectivity index (χ1v) is 15.1. The molecule has 0 bridgehead atoms. The van der Waals surface area contributed by atoms with Gasteiger partial charge in [0.2, 0.25) is 0 Å². The van der Waals surface area contributed by atoms with Crippen LogP contribution in [-0.2, 0) is 0 Å². The van der Waals surface area contributed by atoms with Crippen LogP contribution in [0.1, 0.15) is 6.85 Å². The second kappa shape index (κ2) is 9.29. The highest BCUT2D eigenvalue weighted by atomic mass is 16.5. The van der Waals surface area contributed by atoms with Crippen LogP contribution < -0.4 is 4.74 Å². The fraction of sp³-hybridized carbons (Fsp3) is 0. The van der Waals surface area contributed by atoms with Crippen LogP contribution in [0.3, 0.4) is 0 Å². The summed E-state index contributed by atoms with van der Waals surface area (Å²) in [4.78, 5) is 0. The van der Waals surface area contributed by atoms with Gasteiger partial charge in [-0.2, -0.15) is 0 Å². The lowest BCUT2D eigenvalue weighted by atomic mass is 9.87. The minimum Gasteiger partial charge on any atom is -0.456 e. The number of para-hydroxylation sites is 1. The minimum absolute atomic E-state index is 0.173. The lowest BCUT2D eigenvalue weighted by Crippen LogP contribution is -1.97. The van der Waals surface area contributed by atoms with Crippen molar-refractivity contribution in [1.82, 2.24) is 0 Å². The minimum atomic E-state index is -0.409. The first-order chi connectivity index (χ1) is 24.4. The van der Waals surface area contributed by atoms with Gasteiger partial charge >= 0.3 is 0 Å². The summed E-state index contributed by atoms with van der Waals surface area (Å²) in [6.45, 7) is 0. The van der Waals surface area contributed by atoms with Crippen LogP contribution >= 0.6 is 0 Å². The molecule has 0 aliphatic carbocycles. The number of ether oxygens (including phenoxy) is 1. The van der Waals surface area contributed by atoms with E-state index in [4.69, 9.17) is 11.6 Å². The standard InChI is InChI=1S/C44H26O/c1-2-8-27(9-3-1)32-23-33(34-22-31-12-7-14-38-37-13-4-5-15-40(37)45-41(26-34)43(31)38)25-35(24-32)36-20-18-30-17-16-28-10-6-11-29-19-21-39(36)44(30)42(28)29/h1-26H/i1D,2D,3D,8D,9D. The van der Waals surface area contributed by atoms with E-state index in [0.717, 1.165) is 66.4 Å². The van der Waals surface area contributed by atoms with Crippen LogP contribution in [0, 0.1) is 0 Å². The Morgan fingerprint density at radius 2 is 1.02 bits per heavy atom. The van der Waals surface area contributed by atoms with Crippen LogP contribution in [0.15, 0.2) is 158 Å². The summed E-state index contributed by atoms with van der Waals surface area (Å²) in [6.07, 6.45) is 0. The molecule has 1 aliphatic rings. The maximum Gasteiger partial charge on any atom is 0.136 e. The molecule has 0 amide bonds. The zero-order valence-electron chi connectivity index (χ0n) is 29.0.